The van der Waals surface area contributed by atoms with Crippen LogP contribution in [-0.2, 0) is 38.1 Å². The van der Waals surface area contributed by atoms with E-state index in [1.165, 1.54) is 96.3 Å². The Hall–Kier alpha value is -2.60. The highest BCUT2D eigenvalue weighted by molar-refractivity contribution is 5.86. The van der Waals surface area contributed by atoms with E-state index in [-0.39, 0.29) is 35.8 Å². The van der Waals surface area contributed by atoms with Crippen molar-refractivity contribution in [2.75, 3.05) is 73.0 Å². The van der Waals surface area contributed by atoms with E-state index in [1.54, 1.807) is 29.4 Å². The molecule has 0 fully saturated rings. The zero-order valence-electron chi connectivity index (χ0n) is 44.9. The third-order valence-corrected chi connectivity index (χ3v) is 14.6. The fraction of sp³-hybridized carbons (Fsp3) is 0.860. The first-order chi connectivity index (χ1) is 32.8. The highest BCUT2D eigenvalue weighted by Gasteiger charge is 2.29. The van der Waals surface area contributed by atoms with E-state index in [4.69, 9.17) is 18.9 Å². The predicted octanol–water partition coefficient (Wildman–Crippen LogP) is 12.2. The SMILES string of the molecule is COCCC(=O)NCCCOCCOCCOCCCNC(=O)[C@H](CCCCNC(=O)CCCCCCCCC1=C(C)CCCC1(C)C)CC(=O)CCCCCCCCC1=C(C)CCCC1(C)C. The largest absolute Gasteiger partial charge is 0.384 e. The van der Waals surface area contributed by atoms with Gasteiger partial charge < -0.3 is 34.9 Å². The monoisotopic (exact) mass is 958 g/mol. The van der Waals surface area contributed by atoms with E-state index >= 15 is 0 Å². The molecule has 0 aromatic rings. The maximum Gasteiger partial charge on any atom is 0.223 e. The second kappa shape index (κ2) is 38.1. The molecular weight excluding hydrogens is 855 g/mol. The van der Waals surface area contributed by atoms with Crippen LogP contribution in [0.5, 0.6) is 0 Å². The van der Waals surface area contributed by atoms with E-state index in [2.05, 4.69) is 57.5 Å². The minimum absolute atomic E-state index is 0.0168. The first kappa shape index (κ1) is 61.5. The van der Waals surface area contributed by atoms with Crippen molar-refractivity contribution in [3.8, 4) is 0 Å². The number of rotatable bonds is 43. The van der Waals surface area contributed by atoms with E-state index in [0.29, 0.717) is 109 Å². The van der Waals surface area contributed by atoms with Crippen LogP contribution in [0.2, 0.25) is 0 Å². The van der Waals surface area contributed by atoms with Gasteiger partial charge in [-0.15, -0.1) is 0 Å². The van der Waals surface area contributed by atoms with Gasteiger partial charge in [-0.25, -0.2) is 0 Å². The maximum atomic E-state index is 13.4. The second-order valence-corrected chi connectivity index (χ2v) is 21.4. The van der Waals surface area contributed by atoms with Crippen LogP contribution in [0.4, 0.5) is 0 Å². The molecule has 0 aliphatic heterocycles. The topological polar surface area (TPSA) is 141 Å². The van der Waals surface area contributed by atoms with Crippen LogP contribution >= 0.6 is 0 Å². The Kier molecular flexibility index (Phi) is 34.5. The molecule has 0 spiro atoms. The standard InChI is InChI=1S/C57H103N3O8/c1-47-26-22-34-56(3,4)51(47)30-17-13-9-8-12-16-29-50(61)46-49(55(64)60-38-25-40-67-43-45-68-44-42-66-39-24-37-59-54(63)33-41-65-7)28-20-21-36-58-53(62)32-19-15-11-10-14-18-31-52-48(2)27-23-35-57(52,5)6/h49H,8-46H2,1-7H3,(H,58,62)(H,59,63)(H,60,64)/t49-/m1/s1. The maximum absolute atomic E-state index is 13.4. The molecule has 1 atom stereocenters. The van der Waals surface area contributed by atoms with Crippen molar-refractivity contribution < 1.29 is 38.1 Å². The van der Waals surface area contributed by atoms with Gasteiger partial charge in [0.05, 0.1) is 33.0 Å². The van der Waals surface area contributed by atoms with Gasteiger partial charge in [0, 0.05) is 71.6 Å². The molecule has 394 valence electrons. The molecule has 2 rings (SSSR count). The lowest BCUT2D eigenvalue weighted by Gasteiger charge is -2.34. The lowest BCUT2D eigenvalue weighted by atomic mass is 9.71. The van der Waals surface area contributed by atoms with Gasteiger partial charge in [0.25, 0.3) is 0 Å². The summed E-state index contributed by atoms with van der Waals surface area (Å²) in [6, 6.07) is 0. The number of carbonyl (C=O) groups excluding carboxylic acids is 4. The summed E-state index contributed by atoms with van der Waals surface area (Å²) in [5.41, 5.74) is 7.38. The molecule has 0 saturated carbocycles. The lowest BCUT2D eigenvalue weighted by molar-refractivity contribution is -0.129. The molecule has 0 aromatic heterocycles. The Morgan fingerprint density at radius 3 is 1.46 bits per heavy atom. The van der Waals surface area contributed by atoms with Gasteiger partial charge in [-0.3, -0.25) is 19.2 Å². The molecule has 0 bridgehead atoms. The Balaban J connectivity index is 1.61. The zero-order valence-corrected chi connectivity index (χ0v) is 44.9. The van der Waals surface area contributed by atoms with E-state index in [9.17, 15) is 19.2 Å². The van der Waals surface area contributed by atoms with Crippen molar-refractivity contribution in [3.05, 3.63) is 22.3 Å². The highest BCUT2D eigenvalue weighted by atomic mass is 16.5. The molecule has 0 aromatic carbocycles. The summed E-state index contributed by atoms with van der Waals surface area (Å²) in [7, 11) is 1.58. The summed E-state index contributed by atoms with van der Waals surface area (Å²) in [6.07, 6.45) is 29.5. The molecule has 2 aliphatic rings. The molecule has 0 radical (unpaired) electrons. The summed E-state index contributed by atoms with van der Waals surface area (Å²) in [4.78, 5) is 50.7. The van der Waals surface area contributed by atoms with Crippen LogP contribution in [-0.4, -0.2) is 96.5 Å². The summed E-state index contributed by atoms with van der Waals surface area (Å²) < 4.78 is 21.8. The van der Waals surface area contributed by atoms with Crippen LogP contribution in [0.15, 0.2) is 22.3 Å². The third-order valence-electron chi connectivity index (χ3n) is 14.6. The van der Waals surface area contributed by atoms with Gasteiger partial charge in [-0.1, -0.05) is 108 Å². The van der Waals surface area contributed by atoms with Crippen molar-refractivity contribution in [1.82, 2.24) is 16.0 Å². The minimum atomic E-state index is -0.355. The number of nitrogens with one attached hydrogen (secondary N) is 3. The van der Waals surface area contributed by atoms with Crippen LogP contribution in [0.25, 0.3) is 0 Å². The number of hydrogen-bond acceptors (Lipinski definition) is 8. The van der Waals surface area contributed by atoms with Crippen LogP contribution < -0.4 is 16.0 Å². The molecule has 0 unspecified atom stereocenters. The number of ether oxygens (including phenoxy) is 4. The van der Waals surface area contributed by atoms with Gasteiger partial charge in [-0.05, 0) is 127 Å². The third kappa shape index (κ3) is 29.6. The molecule has 68 heavy (non-hydrogen) atoms. The molecule has 0 saturated heterocycles. The average molecular weight is 958 g/mol. The number of Topliss-reactive ketones (excluding diaryl/α,β-unsaturated/α-hetero) is 1. The van der Waals surface area contributed by atoms with Crippen molar-refractivity contribution >= 4 is 23.5 Å². The molecule has 3 amide bonds. The number of ketones is 1. The zero-order chi connectivity index (χ0) is 49.7. The Bertz CT molecular complexity index is 1460. The number of unbranched alkanes of at least 4 members (excludes halogenated alkanes) is 11. The second-order valence-electron chi connectivity index (χ2n) is 21.4. The molecule has 2 aliphatic carbocycles. The number of hydrogen-bond donors (Lipinski definition) is 3. The Morgan fingerprint density at radius 2 is 0.941 bits per heavy atom. The van der Waals surface area contributed by atoms with Gasteiger partial charge in [-0.2, -0.15) is 0 Å². The smallest absolute Gasteiger partial charge is 0.223 e. The molecule has 3 N–H and O–H groups in total. The average Bonchev–Trinajstić information content (AvgIpc) is 3.29. The Labute approximate surface area is 416 Å². The fourth-order valence-corrected chi connectivity index (χ4v) is 10.4. The first-order valence-electron chi connectivity index (χ1n) is 27.7. The van der Waals surface area contributed by atoms with Gasteiger partial charge in [0.2, 0.25) is 17.7 Å². The summed E-state index contributed by atoms with van der Waals surface area (Å²) in [6.45, 7) is 19.4. The molecule has 11 heteroatoms. The molecule has 0 heterocycles. The fourth-order valence-electron chi connectivity index (χ4n) is 10.4. The van der Waals surface area contributed by atoms with Crippen LogP contribution in [0.3, 0.4) is 0 Å². The van der Waals surface area contributed by atoms with Gasteiger partial charge in [0.15, 0.2) is 0 Å². The van der Waals surface area contributed by atoms with E-state index in [0.717, 1.165) is 51.4 Å². The highest BCUT2D eigenvalue weighted by Crippen LogP contribution is 2.43. The summed E-state index contributed by atoms with van der Waals surface area (Å²) >= 11 is 0. The number of methoxy groups -OCH3 is 1. The predicted molar refractivity (Wildman–Crippen MR) is 279 cm³/mol. The number of amides is 3. The number of allylic oxidation sites excluding steroid dienone is 4. The molecular formula is C57H103N3O8. The normalized spacial score (nSPS) is 16.2. The van der Waals surface area contributed by atoms with Crippen molar-refractivity contribution in [2.45, 2.75) is 228 Å². The number of carbonyl (C=O) groups is 4. The Morgan fingerprint density at radius 1 is 0.500 bits per heavy atom. The van der Waals surface area contributed by atoms with E-state index < -0.39 is 0 Å². The van der Waals surface area contributed by atoms with Crippen LogP contribution in [0.1, 0.15) is 228 Å². The van der Waals surface area contributed by atoms with Gasteiger partial charge in [0.1, 0.15) is 5.78 Å². The van der Waals surface area contributed by atoms with Crippen molar-refractivity contribution in [3.63, 3.8) is 0 Å². The van der Waals surface area contributed by atoms with Crippen LogP contribution in [0, 0.1) is 16.7 Å². The molecule has 11 nitrogen and oxygen atoms in total. The minimum Gasteiger partial charge on any atom is -0.384 e. The van der Waals surface area contributed by atoms with Crippen molar-refractivity contribution in [1.29, 1.82) is 0 Å². The first-order valence-corrected chi connectivity index (χ1v) is 27.7. The van der Waals surface area contributed by atoms with E-state index in [1.807, 2.05) is 0 Å². The quantitative estimate of drug-likeness (QED) is 0.0405. The van der Waals surface area contributed by atoms with Gasteiger partial charge >= 0.3 is 0 Å². The summed E-state index contributed by atoms with van der Waals surface area (Å²) in [5, 5.41) is 9.00. The lowest BCUT2D eigenvalue weighted by Crippen LogP contribution is -2.33. The summed E-state index contributed by atoms with van der Waals surface area (Å²) in [5.74, 6) is -0.139. The van der Waals surface area contributed by atoms with Crippen molar-refractivity contribution in [2.24, 2.45) is 16.7 Å².